The lowest BCUT2D eigenvalue weighted by Gasteiger charge is -2.38. The van der Waals surface area contributed by atoms with E-state index >= 15 is 0 Å². The van der Waals surface area contributed by atoms with Crippen LogP contribution in [-0.4, -0.2) is 60.1 Å². The minimum atomic E-state index is -4.55. The van der Waals surface area contributed by atoms with Gasteiger partial charge in [0.25, 0.3) is 15.9 Å². The molecule has 12 nitrogen and oxygen atoms in total. The van der Waals surface area contributed by atoms with Gasteiger partial charge in [0.1, 0.15) is 11.9 Å². The number of hydrogen-bond acceptors (Lipinski definition) is 7. The van der Waals surface area contributed by atoms with Gasteiger partial charge < -0.3 is 19.9 Å². The zero-order chi connectivity index (χ0) is 26.8. The summed E-state index contributed by atoms with van der Waals surface area (Å²) in [5, 5.41) is 17.8. The predicted octanol–water partition coefficient (Wildman–Crippen LogP) is 2.86. The van der Waals surface area contributed by atoms with Crippen LogP contribution in [0.4, 0.5) is 25.0 Å². The molecule has 1 aliphatic heterocycles. The van der Waals surface area contributed by atoms with Gasteiger partial charge in [-0.25, -0.2) is 13.2 Å². The molecule has 0 saturated carbocycles. The zero-order valence-corrected chi connectivity index (χ0v) is 20.8. The van der Waals surface area contributed by atoms with E-state index in [0.29, 0.717) is 0 Å². The molecule has 0 bridgehead atoms. The highest BCUT2D eigenvalue weighted by Crippen LogP contribution is 2.41. The van der Waals surface area contributed by atoms with Gasteiger partial charge in [-0.2, -0.15) is 8.78 Å². The van der Waals surface area contributed by atoms with Crippen molar-refractivity contribution in [3.63, 3.8) is 0 Å². The summed E-state index contributed by atoms with van der Waals surface area (Å²) in [5.41, 5.74) is -0.719. The number of carbonyl (C=O) groups is 2. The average molecular weight is 532 g/mol. The number of nitrogens with one attached hydrogen (secondary N) is 2. The van der Waals surface area contributed by atoms with E-state index in [4.69, 9.17) is 9.84 Å². The summed E-state index contributed by atoms with van der Waals surface area (Å²) in [4.78, 5) is 22.1. The van der Waals surface area contributed by atoms with E-state index in [0.717, 1.165) is 15.2 Å². The maximum absolute atomic E-state index is 13.8. The molecule has 1 aliphatic rings. The fourth-order valence-corrected chi connectivity index (χ4v) is 5.52. The lowest BCUT2D eigenvalue weighted by atomic mass is 9.95. The van der Waals surface area contributed by atoms with Crippen LogP contribution >= 0.6 is 0 Å². The molecule has 3 N–H and O–H groups in total. The number of fused-ring (bicyclic) bond motifs is 1. The van der Waals surface area contributed by atoms with Crippen molar-refractivity contribution < 1.29 is 41.4 Å². The average Bonchev–Trinajstić information content (AvgIpc) is 3.14. The standard InChI is InChI=1S/C21H27F2N5O7S/c1-5-27-11-17(18(26-27)35-19(22)23)36(32,33)28-10-14(9-21(3,4)25-12(2)29)34-16-7-6-13(8-15(16)28)24-20(30)31/h6-8,11,14,19,24H,5,9-10H2,1-4H3,(H,25,29)(H,30,31). The normalized spacial score (nSPS) is 15.8. The Bertz CT molecular complexity index is 1250. The second-order valence-electron chi connectivity index (χ2n) is 8.69. The molecule has 0 radical (unpaired) electrons. The zero-order valence-electron chi connectivity index (χ0n) is 20.0. The van der Waals surface area contributed by atoms with E-state index in [-0.39, 0.29) is 42.5 Å². The number of rotatable bonds is 9. The maximum Gasteiger partial charge on any atom is 0.409 e. The Morgan fingerprint density at radius 1 is 1.36 bits per heavy atom. The quantitative estimate of drug-likeness (QED) is 0.447. The molecule has 2 heterocycles. The summed E-state index contributed by atoms with van der Waals surface area (Å²) in [7, 11) is -4.55. The summed E-state index contributed by atoms with van der Waals surface area (Å²) in [6.45, 7) is 3.09. The fraction of sp³-hybridized carbons (Fsp3) is 0.476. The van der Waals surface area contributed by atoms with Gasteiger partial charge >= 0.3 is 12.7 Å². The second kappa shape index (κ2) is 10.2. The number of aryl methyl sites for hydroxylation is 1. The van der Waals surface area contributed by atoms with Crippen LogP contribution in [0, 0.1) is 0 Å². The molecule has 1 aromatic heterocycles. The van der Waals surface area contributed by atoms with Gasteiger partial charge in [-0.3, -0.25) is 19.1 Å². The molecule has 1 atom stereocenters. The summed E-state index contributed by atoms with van der Waals surface area (Å²) >= 11 is 0. The summed E-state index contributed by atoms with van der Waals surface area (Å²) < 4.78 is 66.0. The van der Waals surface area contributed by atoms with Gasteiger partial charge in [0.15, 0.2) is 4.90 Å². The van der Waals surface area contributed by atoms with Crippen molar-refractivity contribution in [2.45, 2.75) is 63.8 Å². The van der Waals surface area contributed by atoms with Crippen molar-refractivity contribution in [2.24, 2.45) is 0 Å². The number of aromatic nitrogens is 2. The maximum atomic E-state index is 13.8. The fourth-order valence-electron chi connectivity index (χ4n) is 3.95. The molecule has 0 aliphatic carbocycles. The van der Waals surface area contributed by atoms with Crippen molar-refractivity contribution in [1.82, 2.24) is 15.1 Å². The number of benzene rings is 1. The highest BCUT2D eigenvalue weighted by molar-refractivity contribution is 7.93. The first-order chi connectivity index (χ1) is 16.7. The summed E-state index contributed by atoms with van der Waals surface area (Å²) in [6, 6.07) is 4.04. The Morgan fingerprint density at radius 3 is 2.64 bits per heavy atom. The number of sulfonamides is 1. The Balaban J connectivity index is 2.10. The SMILES string of the molecule is CCn1cc(S(=O)(=O)N2CC(CC(C)(C)NC(C)=O)Oc3ccc(NC(=O)O)cc32)c(OC(F)F)n1. The van der Waals surface area contributed by atoms with Crippen LogP contribution in [-0.2, 0) is 21.4 Å². The third-order valence-electron chi connectivity index (χ3n) is 5.18. The van der Waals surface area contributed by atoms with Crippen molar-refractivity contribution >= 4 is 33.4 Å². The van der Waals surface area contributed by atoms with Crippen molar-refractivity contribution in [3.8, 4) is 11.6 Å². The number of carbonyl (C=O) groups excluding carboxylic acids is 1. The van der Waals surface area contributed by atoms with E-state index in [1.54, 1.807) is 20.8 Å². The minimum Gasteiger partial charge on any atom is -0.486 e. The molecular weight excluding hydrogens is 504 g/mol. The largest absolute Gasteiger partial charge is 0.486 e. The van der Waals surface area contributed by atoms with Crippen molar-refractivity contribution in [2.75, 3.05) is 16.2 Å². The van der Waals surface area contributed by atoms with E-state index in [1.807, 2.05) is 0 Å². The number of hydrogen-bond donors (Lipinski definition) is 3. The molecule has 2 aromatic rings. The van der Waals surface area contributed by atoms with Gasteiger partial charge in [-0.05, 0) is 39.0 Å². The number of ether oxygens (including phenoxy) is 2. The third-order valence-corrected chi connectivity index (χ3v) is 6.95. The van der Waals surface area contributed by atoms with Crippen molar-refractivity contribution in [3.05, 3.63) is 24.4 Å². The number of halogens is 2. The first-order valence-electron chi connectivity index (χ1n) is 10.9. The van der Waals surface area contributed by atoms with E-state index in [9.17, 15) is 26.8 Å². The molecular formula is C21H27F2N5O7S. The molecule has 0 spiro atoms. The smallest absolute Gasteiger partial charge is 0.409 e. The monoisotopic (exact) mass is 531 g/mol. The number of anilines is 2. The predicted molar refractivity (Wildman–Crippen MR) is 124 cm³/mol. The molecule has 1 aromatic carbocycles. The van der Waals surface area contributed by atoms with Gasteiger partial charge in [0.05, 0.1) is 12.2 Å². The molecule has 0 fully saturated rings. The molecule has 1 unspecified atom stereocenters. The van der Waals surface area contributed by atoms with Crippen molar-refractivity contribution in [1.29, 1.82) is 0 Å². The van der Waals surface area contributed by atoms with Crippen LogP contribution in [0.1, 0.15) is 34.1 Å². The Morgan fingerprint density at radius 2 is 2.06 bits per heavy atom. The van der Waals surface area contributed by atoms with E-state index in [1.165, 1.54) is 25.1 Å². The second-order valence-corrected chi connectivity index (χ2v) is 10.5. The molecule has 0 saturated heterocycles. The first-order valence-corrected chi connectivity index (χ1v) is 12.3. The van der Waals surface area contributed by atoms with Crippen LogP contribution in [0.3, 0.4) is 0 Å². The van der Waals surface area contributed by atoms with Gasteiger partial charge in [0.2, 0.25) is 5.91 Å². The van der Waals surface area contributed by atoms with Crippen LogP contribution in [0.5, 0.6) is 11.6 Å². The highest BCUT2D eigenvalue weighted by atomic mass is 32.2. The van der Waals surface area contributed by atoms with Crippen LogP contribution in [0.2, 0.25) is 0 Å². The highest BCUT2D eigenvalue weighted by Gasteiger charge is 2.40. The van der Waals surface area contributed by atoms with Gasteiger partial charge in [-0.15, -0.1) is 5.10 Å². The molecule has 2 amide bonds. The van der Waals surface area contributed by atoms with Gasteiger partial charge in [-0.1, -0.05) is 0 Å². The summed E-state index contributed by atoms with van der Waals surface area (Å²) in [5.74, 6) is -0.940. The Hall–Kier alpha value is -3.62. The number of alkyl halides is 2. The molecule has 198 valence electrons. The van der Waals surface area contributed by atoms with E-state index in [2.05, 4.69) is 20.5 Å². The van der Waals surface area contributed by atoms with Gasteiger partial charge in [0, 0.05) is 37.3 Å². The van der Waals surface area contributed by atoms with Crippen LogP contribution in [0.15, 0.2) is 29.3 Å². The van der Waals surface area contributed by atoms with Crippen LogP contribution < -0.4 is 24.4 Å². The molecule has 15 heteroatoms. The lowest BCUT2D eigenvalue weighted by Crippen LogP contribution is -2.50. The summed E-state index contributed by atoms with van der Waals surface area (Å²) in [6.07, 6.45) is -0.847. The lowest BCUT2D eigenvalue weighted by molar-refractivity contribution is -0.120. The van der Waals surface area contributed by atoms with E-state index < -0.39 is 45.1 Å². The first kappa shape index (κ1) is 27.0. The minimum absolute atomic E-state index is 0.0120. The molecule has 3 rings (SSSR count). The Labute approximate surface area is 206 Å². The Kier molecular flexibility index (Phi) is 7.62. The number of amides is 2. The van der Waals surface area contributed by atoms with Crippen LogP contribution in [0.25, 0.3) is 0 Å². The number of nitrogens with zero attached hydrogens (tertiary/aromatic N) is 3. The third kappa shape index (κ3) is 6.13. The molecule has 36 heavy (non-hydrogen) atoms. The number of carboxylic acid groups (broad SMARTS) is 1. The topological polar surface area (TPSA) is 152 Å².